The van der Waals surface area contributed by atoms with E-state index in [-0.39, 0.29) is 28.7 Å². The van der Waals surface area contributed by atoms with E-state index in [1.807, 2.05) is 41.7 Å². The first-order valence-corrected chi connectivity index (χ1v) is 13.2. The molecule has 0 aromatic heterocycles. The first-order valence-electron chi connectivity index (χ1n) is 11.2. The van der Waals surface area contributed by atoms with Gasteiger partial charge in [-0.25, -0.2) is 0 Å². The van der Waals surface area contributed by atoms with Gasteiger partial charge in [0, 0.05) is 5.92 Å². The normalized spacial score (nSPS) is 22.9. The number of carbonyl (C=O) groups excluding carboxylic acids is 1. The van der Waals surface area contributed by atoms with E-state index in [9.17, 15) is 4.79 Å². The summed E-state index contributed by atoms with van der Waals surface area (Å²) in [6.45, 7) is 0.628. The molecule has 2 aromatic rings. The maximum atomic E-state index is 13.1. The van der Waals surface area contributed by atoms with Crippen LogP contribution in [0.2, 0.25) is 0 Å². The van der Waals surface area contributed by atoms with Crippen LogP contribution >= 0.6 is 23.5 Å². The molecule has 3 aliphatic rings. The molecule has 3 heterocycles. The fraction of sp³-hybridized carbons (Fsp3) is 0.480. The van der Waals surface area contributed by atoms with Gasteiger partial charge in [-0.3, -0.25) is 4.79 Å². The topological polar surface area (TPSA) is 72.5 Å². The van der Waals surface area contributed by atoms with Gasteiger partial charge < -0.3 is 28.4 Å². The molecule has 3 aliphatic heterocycles. The van der Waals surface area contributed by atoms with Crippen molar-refractivity contribution in [3.63, 3.8) is 0 Å². The van der Waals surface area contributed by atoms with Gasteiger partial charge in [0.1, 0.15) is 0 Å². The van der Waals surface area contributed by atoms with Crippen LogP contribution in [-0.4, -0.2) is 52.2 Å². The highest BCUT2D eigenvalue weighted by atomic mass is 32.2. The van der Waals surface area contributed by atoms with Crippen LogP contribution in [0.25, 0.3) is 0 Å². The molecular formula is C25H28O7S2. The summed E-state index contributed by atoms with van der Waals surface area (Å²) in [5.74, 6) is 4.80. The molecule has 2 saturated heterocycles. The summed E-state index contributed by atoms with van der Waals surface area (Å²) in [4.78, 5) is 13.1. The lowest BCUT2D eigenvalue weighted by Gasteiger charge is -2.42. The lowest BCUT2D eigenvalue weighted by molar-refractivity contribution is -0.141. The van der Waals surface area contributed by atoms with E-state index >= 15 is 0 Å². The molecule has 0 amide bonds. The zero-order chi connectivity index (χ0) is 23.7. The maximum absolute atomic E-state index is 13.1. The van der Waals surface area contributed by atoms with Gasteiger partial charge in [0.2, 0.25) is 12.5 Å². The predicted molar refractivity (Wildman–Crippen MR) is 132 cm³/mol. The summed E-state index contributed by atoms with van der Waals surface area (Å²) in [7, 11) is 4.77. The van der Waals surface area contributed by atoms with E-state index in [1.165, 1.54) is 0 Å². The fourth-order valence-corrected chi connectivity index (χ4v) is 8.60. The molecule has 182 valence electrons. The van der Waals surface area contributed by atoms with E-state index in [0.717, 1.165) is 40.6 Å². The van der Waals surface area contributed by atoms with Crippen molar-refractivity contribution in [2.45, 2.75) is 16.9 Å². The first kappa shape index (κ1) is 23.4. The van der Waals surface area contributed by atoms with Crippen LogP contribution < -0.4 is 23.7 Å². The number of carbonyl (C=O) groups is 1. The molecule has 0 bridgehead atoms. The van der Waals surface area contributed by atoms with Crippen molar-refractivity contribution < 1.29 is 33.2 Å². The van der Waals surface area contributed by atoms with Gasteiger partial charge in [-0.05, 0) is 59.7 Å². The lowest BCUT2D eigenvalue weighted by Crippen LogP contribution is -2.37. The number of thioether (sulfide) groups is 2. The Hall–Kier alpha value is -2.39. The summed E-state index contributed by atoms with van der Waals surface area (Å²) >= 11 is 3.82. The van der Waals surface area contributed by atoms with Crippen molar-refractivity contribution in [1.82, 2.24) is 0 Å². The molecule has 2 aromatic carbocycles. The highest BCUT2D eigenvalue weighted by Gasteiger charge is 2.53. The van der Waals surface area contributed by atoms with Crippen LogP contribution in [0.3, 0.4) is 0 Å². The highest BCUT2D eigenvalue weighted by Crippen LogP contribution is 2.60. The molecule has 0 unspecified atom stereocenters. The maximum Gasteiger partial charge on any atom is 0.309 e. The van der Waals surface area contributed by atoms with Crippen LogP contribution in [0.15, 0.2) is 30.3 Å². The molecule has 34 heavy (non-hydrogen) atoms. The third-order valence-corrected chi connectivity index (χ3v) is 10.2. The van der Waals surface area contributed by atoms with Crippen molar-refractivity contribution in [1.29, 1.82) is 0 Å². The van der Waals surface area contributed by atoms with Crippen LogP contribution in [0.1, 0.15) is 17.5 Å². The molecule has 0 spiro atoms. The van der Waals surface area contributed by atoms with Crippen molar-refractivity contribution >= 4 is 29.5 Å². The number of hydrogen-bond acceptors (Lipinski definition) is 9. The number of benzene rings is 2. The number of ether oxygens (including phenoxy) is 6. The standard InChI is InChI=1S/C25H28O7S2/c1-27-21-10-15(11-22(28-2)23(21)29-3)9-17-18(13-30-24(17)26)25(33-7-4-8-34-25)16-5-6-19-20(12-16)32-14-31-19/h5-6,10-12,17-18H,4,7-9,13-14H2,1-3H3/t17-,18-/m1/s1. The van der Waals surface area contributed by atoms with Gasteiger partial charge in [-0.2, -0.15) is 0 Å². The summed E-state index contributed by atoms with van der Waals surface area (Å²) in [5, 5.41) is 0. The number of rotatable bonds is 7. The summed E-state index contributed by atoms with van der Waals surface area (Å²) in [5.41, 5.74) is 2.08. The van der Waals surface area contributed by atoms with Gasteiger partial charge in [-0.15, -0.1) is 23.5 Å². The van der Waals surface area contributed by atoms with Crippen molar-refractivity contribution in [2.75, 3.05) is 46.2 Å². The van der Waals surface area contributed by atoms with E-state index in [0.29, 0.717) is 30.3 Å². The fourth-order valence-electron chi connectivity index (χ4n) is 4.92. The predicted octanol–water partition coefficient (Wildman–Crippen LogP) is 4.50. The van der Waals surface area contributed by atoms with Crippen molar-refractivity contribution in [3.8, 4) is 28.7 Å². The average Bonchev–Trinajstić information content (AvgIpc) is 3.50. The van der Waals surface area contributed by atoms with Gasteiger partial charge in [0.25, 0.3) is 0 Å². The summed E-state index contributed by atoms with van der Waals surface area (Å²) in [6.07, 6.45) is 1.66. The lowest BCUT2D eigenvalue weighted by atomic mass is 9.83. The SMILES string of the molecule is COc1cc(C[C@H]2C(=O)OC[C@H]2C2(c3ccc4c(c3)OCO4)SCCCS2)cc(OC)c1OC. The Labute approximate surface area is 207 Å². The number of methoxy groups -OCH3 is 3. The molecule has 0 aliphatic carbocycles. The van der Waals surface area contributed by atoms with Gasteiger partial charge in [0.15, 0.2) is 23.0 Å². The number of hydrogen-bond donors (Lipinski definition) is 0. The smallest absolute Gasteiger partial charge is 0.309 e. The Balaban J connectivity index is 1.51. The van der Waals surface area contributed by atoms with Crippen molar-refractivity contribution in [3.05, 3.63) is 41.5 Å². The zero-order valence-corrected chi connectivity index (χ0v) is 21.1. The second-order valence-electron chi connectivity index (χ2n) is 8.37. The molecule has 2 atom stereocenters. The van der Waals surface area contributed by atoms with E-state index in [2.05, 4.69) is 12.1 Å². The minimum Gasteiger partial charge on any atom is -0.493 e. The monoisotopic (exact) mass is 504 g/mol. The van der Waals surface area contributed by atoms with Crippen LogP contribution in [-0.2, 0) is 20.0 Å². The van der Waals surface area contributed by atoms with Crippen molar-refractivity contribution in [2.24, 2.45) is 11.8 Å². The Bertz CT molecular complexity index is 1040. The number of cyclic esters (lactones) is 1. The molecule has 0 saturated carbocycles. The molecular weight excluding hydrogens is 476 g/mol. The second-order valence-corrected chi connectivity index (χ2v) is 11.3. The Morgan fingerprint density at radius 1 is 0.941 bits per heavy atom. The highest BCUT2D eigenvalue weighted by molar-refractivity contribution is 8.18. The van der Waals surface area contributed by atoms with Crippen LogP contribution in [0, 0.1) is 11.8 Å². The number of fused-ring (bicyclic) bond motifs is 1. The van der Waals surface area contributed by atoms with Gasteiger partial charge in [0.05, 0.1) is 37.9 Å². The minimum absolute atomic E-state index is 0.00485. The molecule has 0 N–H and O–H groups in total. The molecule has 5 rings (SSSR count). The Morgan fingerprint density at radius 2 is 1.65 bits per heavy atom. The summed E-state index contributed by atoms with van der Waals surface area (Å²) < 4.78 is 33.1. The Morgan fingerprint density at radius 3 is 2.32 bits per heavy atom. The van der Waals surface area contributed by atoms with E-state index < -0.39 is 0 Å². The van der Waals surface area contributed by atoms with Gasteiger partial charge in [-0.1, -0.05) is 6.07 Å². The third-order valence-electron chi connectivity index (χ3n) is 6.56. The Kier molecular flexibility index (Phi) is 6.66. The second kappa shape index (κ2) is 9.70. The molecule has 7 nitrogen and oxygen atoms in total. The van der Waals surface area contributed by atoms with E-state index in [4.69, 9.17) is 28.4 Å². The van der Waals surface area contributed by atoms with Gasteiger partial charge >= 0.3 is 5.97 Å². The summed E-state index contributed by atoms with van der Waals surface area (Å²) in [6, 6.07) is 9.99. The minimum atomic E-state index is -0.309. The average molecular weight is 505 g/mol. The zero-order valence-electron chi connectivity index (χ0n) is 19.5. The third kappa shape index (κ3) is 4.02. The quantitative estimate of drug-likeness (QED) is 0.507. The van der Waals surface area contributed by atoms with Crippen LogP contribution in [0.4, 0.5) is 0 Å². The van der Waals surface area contributed by atoms with E-state index in [1.54, 1.807) is 21.3 Å². The molecule has 9 heteroatoms. The largest absolute Gasteiger partial charge is 0.493 e. The first-order chi connectivity index (χ1) is 16.6. The number of esters is 1. The molecule has 0 radical (unpaired) electrons. The van der Waals surface area contributed by atoms with Crippen LogP contribution in [0.5, 0.6) is 28.7 Å². The molecule has 2 fully saturated rings.